The van der Waals surface area contributed by atoms with E-state index < -0.39 is 11.9 Å². The molecule has 0 bridgehead atoms. The highest BCUT2D eigenvalue weighted by Crippen LogP contribution is 2.23. The monoisotopic (exact) mass is 431 g/mol. The lowest BCUT2D eigenvalue weighted by Gasteiger charge is -2.35. The predicted octanol–water partition coefficient (Wildman–Crippen LogP) is 1.99. The van der Waals surface area contributed by atoms with Gasteiger partial charge in [-0.25, -0.2) is 4.79 Å². The Hall–Kier alpha value is -2.88. The van der Waals surface area contributed by atoms with Gasteiger partial charge in [0, 0.05) is 18.5 Å². The molecule has 30 heavy (non-hydrogen) atoms. The molecule has 0 radical (unpaired) electrons. The van der Waals surface area contributed by atoms with Gasteiger partial charge in [-0.15, -0.1) is 10.2 Å². The topological polar surface area (TPSA) is 117 Å². The molecule has 9 nitrogen and oxygen atoms in total. The van der Waals surface area contributed by atoms with Gasteiger partial charge in [0.05, 0.1) is 18.2 Å². The highest BCUT2D eigenvalue weighted by molar-refractivity contribution is 7.99. The van der Waals surface area contributed by atoms with E-state index in [1.54, 1.807) is 6.92 Å². The number of rotatable bonds is 8. The van der Waals surface area contributed by atoms with Crippen molar-refractivity contribution >= 4 is 29.6 Å². The molecule has 1 saturated heterocycles. The molecule has 1 aromatic heterocycles. The first-order valence-electron chi connectivity index (χ1n) is 9.74. The van der Waals surface area contributed by atoms with Crippen molar-refractivity contribution in [2.75, 3.05) is 5.75 Å². The van der Waals surface area contributed by atoms with Crippen LogP contribution in [0, 0.1) is 5.92 Å². The Bertz CT molecular complexity index is 902. The van der Waals surface area contributed by atoms with Gasteiger partial charge in [0.15, 0.2) is 0 Å². The van der Waals surface area contributed by atoms with Crippen molar-refractivity contribution in [2.24, 2.45) is 5.92 Å². The van der Waals surface area contributed by atoms with Crippen LogP contribution in [-0.4, -0.2) is 50.8 Å². The quantitative estimate of drug-likeness (QED) is 0.614. The van der Waals surface area contributed by atoms with Gasteiger partial charge in [-0.05, 0) is 26.3 Å². The average Bonchev–Trinajstić information content (AvgIpc) is 3.15. The number of hydrogen-bond acceptors (Lipinski definition) is 7. The Labute approximate surface area is 179 Å². The van der Waals surface area contributed by atoms with Crippen molar-refractivity contribution in [3.63, 3.8) is 0 Å². The Balaban J connectivity index is 1.62. The van der Waals surface area contributed by atoms with E-state index in [-0.39, 0.29) is 47.8 Å². The zero-order valence-electron chi connectivity index (χ0n) is 17.1. The molecule has 0 aliphatic carbocycles. The molecule has 0 saturated carbocycles. The minimum absolute atomic E-state index is 0.0594. The molecule has 2 aromatic rings. The van der Waals surface area contributed by atoms with Gasteiger partial charge in [0.25, 0.3) is 5.22 Å². The lowest BCUT2D eigenvalue weighted by atomic mass is 9.93. The largest absolute Gasteiger partial charge is 0.416 e. The number of urea groups is 1. The molecular weight excluding hydrogens is 406 g/mol. The van der Waals surface area contributed by atoms with Crippen molar-refractivity contribution in [1.82, 2.24) is 25.7 Å². The summed E-state index contributed by atoms with van der Waals surface area (Å²) < 4.78 is 5.60. The second kappa shape index (κ2) is 9.75. The predicted molar refractivity (Wildman–Crippen MR) is 110 cm³/mol. The molecule has 4 amide bonds. The molecular formula is C20H25N5O4S. The van der Waals surface area contributed by atoms with Crippen LogP contribution in [0.3, 0.4) is 0 Å². The molecule has 1 aromatic carbocycles. The number of imide groups is 1. The van der Waals surface area contributed by atoms with Crippen LogP contribution in [0.2, 0.25) is 0 Å². The van der Waals surface area contributed by atoms with Gasteiger partial charge < -0.3 is 15.1 Å². The zero-order chi connectivity index (χ0) is 21.7. The van der Waals surface area contributed by atoms with Crippen LogP contribution in [0.4, 0.5) is 4.79 Å². The highest BCUT2D eigenvalue weighted by atomic mass is 32.2. The fraction of sp³-hybridized carbons (Fsp3) is 0.450. The smallest absolute Gasteiger partial charge is 0.324 e. The Morgan fingerprint density at radius 1 is 1.27 bits per heavy atom. The number of carbonyl (C=O) groups is 3. The third-order valence-electron chi connectivity index (χ3n) is 4.59. The van der Waals surface area contributed by atoms with E-state index in [9.17, 15) is 14.4 Å². The number of nitrogens with zero attached hydrogens (tertiary/aromatic N) is 3. The van der Waals surface area contributed by atoms with E-state index in [2.05, 4.69) is 20.8 Å². The van der Waals surface area contributed by atoms with Gasteiger partial charge in [0.1, 0.15) is 0 Å². The standard InChI is InChI=1S/C20H25N5O4S/c1-12(2)21-16(26)11-30-20-24-23-17(29-20)9-15-13(3)22-19(28)25(18(15)27)10-14-7-5-4-6-8-14/h4-8,12-13,15H,9-11H2,1-3H3,(H,21,26)(H,22,28). The van der Waals surface area contributed by atoms with E-state index in [0.717, 1.165) is 17.3 Å². The summed E-state index contributed by atoms with van der Waals surface area (Å²) >= 11 is 1.14. The van der Waals surface area contributed by atoms with E-state index >= 15 is 0 Å². The normalized spacial score (nSPS) is 19.1. The van der Waals surface area contributed by atoms with Crippen LogP contribution < -0.4 is 10.6 Å². The minimum atomic E-state index is -0.519. The van der Waals surface area contributed by atoms with Crippen LogP contribution in [0.1, 0.15) is 32.2 Å². The van der Waals surface area contributed by atoms with Crippen molar-refractivity contribution in [1.29, 1.82) is 0 Å². The van der Waals surface area contributed by atoms with E-state index in [4.69, 9.17) is 4.42 Å². The summed E-state index contributed by atoms with van der Waals surface area (Å²) in [5.41, 5.74) is 0.866. The first-order valence-corrected chi connectivity index (χ1v) is 10.7. The number of benzene rings is 1. The van der Waals surface area contributed by atoms with Crippen molar-refractivity contribution in [3.05, 3.63) is 41.8 Å². The average molecular weight is 432 g/mol. The Morgan fingerprint density at radius 2 is 2.00 bits per heavy atom. The first kappa shape index (κ1) is 21.8. The van der Waals surface area contributed by atoms with Crippen molar-refractivity contribution < 1.29 is 18.8 Å². The van der Waals surface area contributed by atoms with E-state index in [1.165, 1.54) is 4.90 Å². The number of hydrogen-bond donors (Lipinski definition) is 2. The van der Waals surface area contributed by atoms with Gasteiger partial charge in [-0.3, -0.25) is 14.5 Å². The van der Waals surface area contributed by atoms with E-state index in [0.29, 0.717) is 5.89 Å². The molecule has 0 spiro atoms. The molecule has 1 fully saturated rings. The molecule has 2 heterocycles. The van der Waals surface area contributed by atoms with Gasteiger partial charge in [-0.2, -0.15) is 0 Å². The van der Waals surface area contributed by atoms with Crippen molar-refractivity contribution in [2.45, 2.75) is 51.0 Å². The van der Waals surface area contributed by atoms with Crippen LogP contribution in [-0.2, 0) is 22.6 Å². The van der Waals surface area contributed by atoms with Gasteiger partial charge in [0.2, 0.25) is 17.7 Å². The van der Waals surface area contributed by atoms with Crippen LogP contribution in [0.5, 0.6) is 0 Å². The minimum Gasteiger partial charge on any atom is -0.416 e. The molecule has 1 aliphatic heterocycles. The molecule has 160 valence electrons. The van der Waals surface area contributed by atoms with Crippen LogP contribution >= 0.6 is 11.8 Å². The number of nitrogens with one attached hydrogen (secondary N) is 2. The fourth-order valence-corrected chi connectivity index (χ4v) is 3.72. The maximum Gasteiger partial charge on any atom is 0.324 e. The fourth-order valence-electron chi connectivity index (χ4n) is 3.13. The maximum absolute atomic E-state index is 13.0. The number of aromatic nitrogens is 2. The SMILES string of the molecule is CC(C)NC(=O)CSc1nnc(CC2C(=O)N(Cc3ccccc3)C(=O)NC2C)o1. The maximum atomic E-state index is 13.0. The van der Waals surface area contributed by atoms with Crippen LogP contribution in [0.25, 0.3) is 0 Å². The molecule has 3 rings (SSSR count). The lowest BCUT2D eigenvalue weighted by molar-refractivity contribution is -0.135. The summed E-state index contributed by atoms with van der Waals surface area (Å²) in [7, 11) is 0. The lowest BCUT2D eigenvalue weighted by Crippen LogP contribution is -2.59. The molecule has 10 heteroatoms. The second-order valence-corrected chi connectivity index (χ2v) is 8.36. The summed E-state index contributed by atoms with van der Waals surface area (Å²) in [4.78, 5) is 38.3. The summed E-state index contributed by atoms with van der Waals surface area (Å²) in [5.74, 6) is -0.458. The number of carbonyl (C=O) groups excluding carboxylic acids is 3. The number of thioether (sulfide) groups is 1. The summed E-state index contributed by atoms with van der Waals surface area (Å²) in [5, 5.41) is 13.8. The first-order chi connectivity index (χ1) is 14.3. The highest BCUT2D eigenvalue weighted by Gasteiger charge is 2.39. The third-order valence-corrected chi connectivity index (χ3v) is 5.40. The van der Waals surface area contributed by atoms with Gasteiger partial charge >= 0.3 is 6.03 Å². The molecule has 2 N–H and O–H groups in total. The van der Waals surface area contributed by atoms with Crippen LogP contribution in [0.15, 0.2) is 40.0 Å². The Kier molecular flexibility index (Phi) is 7.09. The van der Waals surface area contributed by atoms with Gasteiger partial charge in [-0.1, -0.05) is 42.1 Å². The van der Waals surface area contributed by atoms with Crippen molar-refractivity contribution in [3.8, 4) is 0 Å². The third kappa shape index (κ3) is 5.59. The summed E-state index contributed by atoms with van der Waals surface area (Å²) in [6.07, 6.45) is 0.206. The summed E-state index contributed by atoms with van der Waals surface area (Å²) in [6.45, 7) is 5.75. The zero-order valence-corrected chi connectivity index (χ0v) is 17.9. The molecule has 2 atom stereocenters. The number of amides is 4. The Morgan fingerprint density at radius 3 is 2.70 bits per heavy atom. The summed E-state index contributed by atoms with van der Waals surface area (Å²) in [6, 6.07) is 8.62. The van der Waals surface area contributed by atoms with E-state index in [1.807, 2.05) is 44.2 Å². The molecule has 1 aliphatic rings. The molecule has 2 unspecified atom stereocenters. The second-order valence-electron chi connectivity index (χ2n) is 7.43.